The Balaban J connectivity index is 2.25. The Morgan fingerprint density at radius 3 is 3.31 bits per heavy atom. The lowest BCUT2D eigenvalue weighted by atomic mass is 9.91. The maximum absolute atomic E-state index is 4.62. The number of thiazole rings is 1. The Morgan fingerprint density at radius 2 is 2.54 bits per heavy atom. The Morgan fingerprint density at radius 1 is 1.69 bits per heavy atom. The van der Waals surface area contributed by atoms with Crippen molar-refractivity contribution in [2.45, 2.75) is 25.2 Å². The highest BCUT2D eigenvalue weighted by atomic mass is 127. The van der Waals surface area contributed by atoms with E-state index < -0.39 is 0 Å². The van der Waals surface area contributed by atoms with E-state index in [0.29, 0.717) is 5.92 Å². The second-order valence-corrected chi connectivity index (χ2v) is 6.26. The number of aromatic nitrogens is 1. The molecule has 1 N–H and O–H groups in total. The van der Waals surface area contributed by atoms with Gasteiger partial charge in [-0.3, -0.25) is 0 Å². The van der Waals surface area contributed by atoms with Crippen molar-refractivity contribution in [3.8, 4) is 0 Å². The summed E-state index contributed by atoms with van der Waals surface area (Å²) in [5.41, 5.74) is 1.37. The molecule has 1 aliphatic rings. The van der Waals surface area contributed by atoms with Crippen molar-refractivity contribution in [3.05, 3.63) is 13.6 Å². The lowest BCUT2D eigenvalue weighted by molar-refractivity contribution is 0.522. The van der Waals surface area contributed by atoms with Crippen LogP contribution in [0.15, 0.2) is 0 Å². The van der Waals surface area contributed by atoms with Gasteiger partial charge in [-0.25, -0.2) is 4.98 Å². The van der Waals surface area contributed by atoms with Crippen LogP contribution in [0.1, 0.15) is 29.3 Å². The summed E-state index contributed by atoms with van der Waals surface area (Å²) < 4.78 is 1.20. The third-order valence-corrected chi connectivity index (χ3v) is 4.32. The Kier molecular flexibility index (Phi) is 3.21. The van der Waals surface area contributed by atoms with Crippen molar-refractivity contribution in [1.29, 1.82) is 0 Å². The minimum atomic E-state index is 0.661. The molecule has 0 fully saturated rings. The first-order chi connectivity index (χ1) is 6.31. The van der Waals surface area contributed by atoms with Crippen LogP contribution in [-0.4, -0.2) is 18.6 Å². The van der Waals surface area contributed by atoms with E-state index in [4.69, 9.17) is 0 Å². The maximum Gasteiger partial charge on any atom is 0.154 e. The van der Waals surface area contributed by atoms with Crippen LogP contribution >= 0.6 is 33.9 Å². The van der Waals surface area contributed by atoms with E-state index >= 15 is 0 Å². The van der Waals surface area contributed by atoms with Gasteiger partial charge in [0.05, 0.1) is 5.69 Å². The molecule has 2 rings (SSSR count). The number of halogens is 1. The molecular formula is C9H13IN2S. The van der Waals surface area contributed by atoms with Crippen LogP contribution in [0.4, 0.5) is 0 Å². The van der Waals surface area contributed by atoms with E-state index in [2.05, 4.69) is 32.9 Å². The van der Waals surface area contributed by atoms with Crippen molar-refractivity contribution >= 4 is 33.9 Å². The van der Waals surface area contributed by atoms with Gasteiger partial charge in [-0.2, -0.15) is 0 Å². The van der Waals surface area contributed by atoms with Crippen LogP contribution in [0.3, 0.4) is 0 Å². The summed E-state index contributed by atoms with van der Waals surface area (Å²) in [6.45, 7) is 1.08. The van der Waals surface area contributed by atoms with E-state index in [1.165, 1.54) is 32.8 Å². The number of rotatable bonds is 2. The monoisotopic (exact) mass is 308 g/mol. The van der Waals surface area contributed by atoms with E-state index in [0.717, 1.165) is 6.54 Å². The molecule has 2 nitrogen and oxygen atoms in total. The molecule has 1 aliphatic carbocycles. The van der Waals surface area contributed by atoms with Crippen LogP contribution < -0.4 is 5.32 Å². The van der Waals surface area contributed by atoms with Gasteiger partial charge in [0.15, 0.2) is 3.01 Å². The van der Waals surface area contributed by atoms with Gasteiger partial charge < -0.3 is 5.32 Å². The highest BCUT2D eigenvalue weighted by Crippen LogP contribution is 2.34. The smallest absolute Gasteiger partial charge is 0.154 e. The first kappa shape index (κ1) is 9.86. The van der Waals surface area contributed by atoms with Crippen molar-refractivity contribution in [2.24, 2.45) is 0 Å². The zero-order chi connectivity index (χ0) is 9.26. The quantitative estimate of drug-likeness (QED) is 0.849. The Hall–Kier alpha value is 0.320. The molecule has 0 aliphatic heterocycles. The molecule has 0 saturated heterocycles. The van der Waals surface area contributed by atoms with Gasteiger partial charge >= 0.3 is 0 Å². The number of fused-ring (bicyclic) bond motifs is 1. The zero-order valence-electron chi connectivity index (χ0n) is 7.64. The van der Waals surface area contributed by atoms with E-state index in [1.54, 1.807) is 0 Å². The van der Waals surface area contributed by atoms with Gasteiger partial charge in [0.25, 0.3) is 0 Å². The number of hydrogen-bond acceptors (Lipinski definition) is 3. The lowest BCUT2D eigenvalue weighted by Gasteiger charge is -2.20. The van der Waals surface area contributed by atoms with Crippen LogP contribution in [0.25, 0.3) is 0 Å². The highest BCUT2D eigenvalue weighted by Gasteiger charge is 2.23. The van der Waals surface area contributed by atoms with E-state index in [-0.39, 0.29) is 0 Å². The van der Waals surface area contributed by atoms with Gasteiger partial charge in [0, 0.05) is 17.3 Å². The molecule has 4 heteroatoms. The standard InChI is InChI=1S/C9H13IN2S/c1-11-5-6-3-2-4-7-8(6)12-9(10)13-7/h6,11H,2-5H2,1H3. The van der Waals surface area contributed by atoms with Crippen LogP contribution in [0.5, 0.6) is 0 Å². The van der Waals surface area contributed by atoms with Gasteiger partial charge in [-0.1, -0.05) is 0 Å². The summed E-state index contributed by atoms with van der Waals surface area (Å²) in [6.07, 6.45) is 3.88. The average Bonchev–Trinajstić information content (AvgIpc) is 2.47. The van der Waals surface area contributed by atoms with Gasteiger partial charge in [0.2, 0.25) is 0 Å². The van der Waals surface area contributed by atoms with Gasteiger partial charge in [-0.15, -0.1) is 11.3 Å². The molecule has 0 radical (unpaired) electrons. The van der Waals surface area contributed by atoms with Gasteiger partial charge in [-0.05, 0) is 48.9 Å². The molecule has 1 aromatic heterocycles. The predicted molar refractivity (Wildman–Crippen MR) is 64.4 cm³/mol. The first-order valence-electron chi connectivity index (χ1n) is 4.61. The molecule has 13 heavy (non-hydrogen) atoms. The molecule has 72 valence electrons. The lowest BCUT2D eigenvalue weighted by Crippen LogP contribution is -2.20. The van der Waals surface area contributed by atoms with Crippen molar-refractivity contribution in [1.82, 2.24) is 10.3 Å². The highest BCUT2D eigenvalue weighted by molar-refractivity contribution is 14.1. The second kappa shape index (κ2) is 4.23. The zero-order valence-corrected chi connectivity index (χ0v) is 10.6. The number of nitrogens with zero attached hydrogens (tertiary/aromatic N) is 1. The fraction of sp³-hybridized carbons (Fsp3) is 0.667. The fourth-order valence-corrected chi connectivity index (χ4v) is 3.89. The first-order valence-corrected chi connectivity index (χ1v) is 6.50. The molecule has 0 bridgehead atoms. The minimum Gasteiger partial charge on any atom is -0.319 e. The predicted octanol–water partition coefficient (Wildman–Crippen LogP) is 2.39. The fourth-order valence-electron chi connectivity index (χ4n) is 1.92. The van der Waals surface area contributed by atoms with Crippen molar-refractivity contribution in [2.75, 3.05) is 13.6 Å². The summed E-state index contributed by atoms with van der Waals surface area (Å²) in [5.74, 6) is 0.661. The molecule has 0 spiro atoms. The number of aryl methyl sites for hydroxylation is 1. The molecule has 0 saturated carbocycles. The number of likely N-dealkylation sites (N-methyl/N-ethyl adjacent to an activating group) is 1. The summed E-state index contributed by atoms with van der Waals surface area (Å²) in [6, 6.07) is 0. The summed E-state index contributed by atoms with van der Waals surface area (Å²) in [7, 11) is 2.02. The normalized spacial score (nSPS) is 21.5. The molecule has 1 heterocycles. The van der Waals surface area contributed by atoms with Gasteiger partial charge in [0.1, 0.15) is 0 Å². The third kappa shape index (κ3) is 2.05. The summed E-state index contributed by atoms with van der Waals surface area (Å²) in [4.78, 5) is 6.14. The van der Waals surface area contributed by atoms with Crippen molar-refractivity contribution in [3.63, 3.8) is 0 Å². The maximum atomic E-state index is 4.62. The van der Waals surface area contributed by atoms with E-state index in [9.17, 15) is 0 Å². The third-order valence-electron chi connectivity index (χ3n) is 2.50. The minimum absolute atomic E-state index is 0.661. The molecule has 1 unspecified atom stereocenters. The SMILES string of the molecule is CNCC1CCCc2sc(I)nc21. The molecule has 0 aromatic carbocycles. The van der Waals surface area contributed by atoms with Crippen LogP contribution in [-0.2, 0) is 6.42 Å². The topological polar surface area (TPSA) is 24.9 Å². The average molecular weight is 308 g/mol. The van der Waals surface area contributed by atoms with Crippen LogP contribution in [0.2, 0.25) is 0 Å². The Labute approximate surface area is 96.3 Å². The largest absolute Gasteiger partial charge is 0.319 e. The summed E-state index contributed by atoms with van der Waals surface area (Å²) >= 11 is 4.19. The van der Waals surface area contributed by atoms with E-state index in [1.807, 2.05) is 18.4 Å². The van der Waals surface area contributed by atoms with Crippen LogP contribution in [0, 0.1) is 3.01 Å². The molecular weight excluding hydrogens is 295 g/mol. The molecule has 1 atom stereocenters. The molecule has 0 amide bonds. The Bertz CT molecular complexity index is 298. The molecule has 1 aromatic rings. The number of nitrogens with one attached hydrogen (secondary N) is 1. The summed E-state index contributed by atoms with van der Waals surface area (Å²) in [5, 5.41) is 3.25. The number of hydrogen-bond donors (Lipinski definition) is 1. The second-order valence-electron chi connectivity index (χ2n) is 3.42. The van der Waals surface area contributed by atoms with Crippen molar-refractivity contribution < 1.29 is 0 Å².